The van der Waals surface area contributed by atoms with E-state index in [1.807, 2.05) is 0 Å². The van der Waals surface area contributed by atoms with E-state index >= 15 is 0 Å². The lowest BCUT2D eigenvalue weighted by atomic mass is 10.0. The van der Waals surface area contributed by atoms with Gasteiger partial charge >= 0.3 is 0 Å². The molecule has 2 rings (SSSR count). The Bertz CT molecular complexity index is 423. The summed E-state index contributed by atoms with van der Waals surface area (Å²) in [5, 5.41) is 3.58. The molecule has 1 aromatic carbocycles. The van der Waals surface area contributed by atoms with Gasteiger partial charge in [0.2, 0.25) is 0 Å². The molecule has 20 heavy (non-hydrogen) atoms. The molecule has 1 heterocycles. The average molecular weight is 294 g/mol. The first kappa shape index (κ1) is 15.7. The number of aryl methyl sites for hydroxylation is 1. The fourth-order valence-electron chi connectivity index (χ4n) is 2.64. The van der Waals surface area contributed by atoms with Crippen molar-refractivity contribution in [1.82, 2.24) is 10.2 Å². The van der Waals surface area contributed by atoms with Gasteiger partial charge in [0.05, 0.1) is 0 Å². The molecule has 0 bridgehead atoms. The fourth-order valence-corrected chi connectivity index (χ4v) is 3.77. The zero-order valence-electron chi connectivity index (χ0n) is 12.6. The van der Waals surface area contributed by atoms with Crippen LogP contribution in [-0.2, 0) is 10.8 Å². The molecule has 0 spiro atoms. The molecular weight excluding hydrogens is 268 g/mol. The van der Waals surface area contributed by atoms with Gasteiger partial charge in [-0.25, -0.2) is 0 Å². The Morgan fingerprint density at radius 2 is 1.90 bits per heavy atom. The van der Waals surface area contributed by atoms with E-state index in [-0.39, 0.29) is 0 Å². The van der Waals surface area contributed by atoms with Crippen molar-refractivity contribution in [3.05, 3.63) is 35.4 Å². The third-order valence-electron chi connectivity index (χ3n) is 3.93. The molecule has 1 fully saturated rings. The van der Waals surface area contributed by atoms with E-state index in [1.54, 1.807) is 0 Å². The molecule has 1 aliphatic rings. The van der Waals surface area contributed by atoms with Crippen molar-refractivity contribution in [2.45, 2.75) is 26.3 Å². The van der Waals surface area contributed by atoms with Crippen LogP contribution < -0.4 is 5.32 Å². The summed E-state index contributed by atoms with van der Waals surface area (Å²) >= 11 is 0. The smallest absolute Gasteiger partial charge is 0.0363 e. The fraction of sp³-hybridized carbons (Fsp3) is 0.625. The van der Waals surface area contributed by atoms with Crippen molar-refractivity contribution in [2.75, 3.05) is 37.7 Å². The van der Waals surface area contributed by atoms with Gasteiger partial charge in [-0.1, -0.05) is 36.8 Å². The summed E-state index contributed by atoms with van der Waals surface area (Å²) in [6, 6.07) is 9.25. The second-order valence-corrected chi connectivity index (χ2v) is 7.20. The molecule has 4 heteroatoms. The lowest BCUT2D eigenvalue weighted by molar-refractivity contribution is 0.279. The minimum Gasteiger partial charge on any atom is -0.310 e. The highest BCUT2D eigenvalue weighted by Crippen LogP contribution is 2.18. The lowest BCUT2D eigenvalue weighted by Gasteiger charge is -2.28. The molecule has 0 saturated carbocycles. The number of nitrogens with one attached hydrogen (secondary N) is 1. The van der Waals surface area contributed by atoms with Crippen LogP contribution in [0.5, 0.6) is 0 Å². The normalized spacial score (nSPS) is 19.1. The predicted octanol–water partition coefficient (Wildman–Crippen LogP) is 2.10. The van der Waals surface area contributed by atoms with Crippen molar-refractivity contribution in [3.8, 4) is 0 Å². The van der Waals surface area contributed by atoms with Gasteiger partial charge in [0, 0.05) is 48.0 Å². The molecule has 0 amide bonds. The molecule has 1 aliphatic heterocycles. The van der Waals surface area contributed by atoms with Crippen LogP contribution in [-0.4, -0.2) is 46.8 Å². The first-order chi connectivity index (χ1) is 9.69. The highest BCUT2D eigenvalue weighted by molar-refractivity contribution is 7.85. The highest BCUT2D eigenvalue weighted by atomic mass is 32.2. The van der Waals surface area contributed by atoms with Crippen LogP contribution in [0.4, 0.5) is 0 Å². The lowest BCUT2D eigenvalue weighted by Crippen LogP contribution is -2.39. The minimum atomic E-state index is -0.574. The Morgan fingerprint density at radius 1 is 1.25 bits per heavy atom. The summed E-state index contributed by atoms with van der Waals surface area (Å²) in [6.07, 6.45) is 1.11. The second-order valence-electron chi connectivity index (χ2n) is 5.50. The molecule has 112 valence electrons. The summed E-state index contributed by atoms with van der Waals surface area (Å²) in [6.45, 7) is 8.33. The zero-order chi connectivity index (χ0) is 14.4. The second kappa shape index (κ2) is 7.91. The van der Waals surface area contributed by atoms with Gasteiger partial charge in [0.15, 0.2) is 0 Å². The molecular formula is C16H26N2OS. The molecule has 1 atom stereocenters. The van der Waals surface area contributed by atoms with Crippen LogP contribution in [0.25, 0.3) is 0 Å². The Balaban J connectivity index is 1.89. The largest absolute Gasteiger partial charge is 0.310 e. The molecule has 0 aliphatic carbocycles. The van der Waals surface area contributed by atoms with E-state index in [0.29, 0.717) is 6.04 Å². The maximum Gasteiger partial charge on any atom is 0.0363 e. The Kier molecular flexibility index (Phi) is 6.20. The third kappa shape index (κ3) is 4.69. The minimum absolute atomic E-state index is 0.424. The van der Waals surface area contributed by atoms with Gasteiger partial charge < -0.3 is 10.2 Å². The molecule has 3 nitrogen and oxygen atoms in total. The standard InChI is InChI=1S/C16H26N2OS/c1-3-17-16(15-6-4-14(2)5-7-15)8-9-18-10-12-20(19)13-11-18/h4-7,16-17H,3,8-13H2,1-2H3. The topological polar surface area (TPSA) is 32.3 Å². The van der Waals surface area contributed by atoms with Crippen molar-refractivity contribution in [2.24, 2.45) is 0 Å². The van der Waals surface area contributed by atoms with Crippen LogP contribution >= 0.6 is 0 Å². The van der Waals surface area contributed by atoms with Gasteiger partial charge in [-0.3, -0.25) is 4.21 Å². The zero-order valence-corrected chi connectivity index (χ0v) is 13.4. The number of benzene rings is 1. The molecule has 1 saturated heterocycles. The van der Waals surface area contributed by atoms with E-state index in [2.05, 4.69) is 48.3 Å². The van der Waals surface area contributed by atoms with E-state index in [1.165, 1.54) is 11.1 Å². The van der Waals surface area contributed by atoms with Crippen LogP contribution in [0.1, 0.15) is 30.5 Å². The van der Waals surface area contributed by atoms with E-state index < -0.39 is 10.8 Å². The molecule has 1 aromatic rings. The Morgan fingerprint density at radius 3 is 2.50 bits per heavy atom. The van der Waals surface area contributed by atoms with Crippen molar-refractivity contribution in [3.63, 3.8) is 0 Å². The van der Waals surface area contributed by atoms with Crippen LogP contribution in [0.2, 0.25) is 0 Å². The highest BCUT2D eigenvalue weighted by Gasteiger charge is 2.17. The summed E-state index contributed by atoms with van der Waals surface area (Å²) in [7, 11) is -0.574. The Hall–Kier alpha value is -0.710. The van der Waals surface area contributed by atoms with Gasteiger partial charge in [-0.15, -0.1) is 0 Å². The van der Waals surface area contributed by atoms with Crippen LogP contribution in [0.15, 0.2) is 24.3 Å². The monoisotopic (exact) mass is 294 g/mol. The molecule has 0 aromatic heterocycles. The third-order valence-corrected chi connectivity index (χ3v) is 5.21. The number of nitrogens with zero attached hydrogens (tertiary/aromatic N) is 1. The number of hydrogen-bond donors (Lipinski definition) is 1. The quantitative estimate of drug-likeness (QED) is 0.872. The van der Waals surface area contributed by atoms with E-state index in [4.69, 9.17) is 0 Å². The summed E-state index contributed by atoms with van der Waals surface area (Å²) in [5.41, 5.74) is 2.68. The summed E-state index contributed by atoms with van der Waals surface area (Å²) in [4.78, 5) is 2.44. The van der Waals surface area contributed by atoms with E-state index in [0.717, 1.165) is 44.1 Å². The average Bonchev–Trinajstić information content (AvgIpc) is 2.46. The van der Waals surface area contributed by atoms with E-state index in [9.17, 15) is 4.21 Å². The number of rotatable bonds is 6. The maximum absolute atomic E-state index is 11.4. The first-order valence-corrected chi connectivity index (χ1v) is 9.05. The summed E-state index contributed by atoms with van der Waals surface area (Å²) in [5.74, 6) is 1.69. The SMILES string of the molecule is CCNC(CCN1CCS(=O)CC1)c1ccc(C)cc1. The van der Waals surface area contributed by atoms with Crippen molar-refractivity contribution in [1.29, 1.82) is 0 Å². The number of hydrogen-bond acceptors (Lipinski definition) is 3. The van der Waals surface area contributed by atoms with Crippen LogP contribution in [0.3, 0.4) is 0 Å². The van der Waals surface area contributed by atoms with Gasteiger partial charge in [-0.2, -0.15) is 0 Å². The predicted molar refractivity (Wildman–Crippen MR) is 86.5 cm³/mol. The molecule has 1 unspecified atom stereocenters. The van der Waals surface area contributed by atoms with Crippen LogP contribution in [0, 0.1) is 6.92 Å². The maximum atomic E-state index is 11.4. The van der Waals surface area contributed by atoms with Gasteiger partial charge in [-0.05, 0) is 25.5 Å². The van der Waals surface area contributed by atoms with Gasteiger partial charge in [0.1, 0.15) is 0 Å². The van der Waals surface area contributed by atoms with Gasteiger partial charge in [0.25, 0.3) is 0 Å². The van der Waals surface area contributed by atoms with Crippen molar-refractivity contribution >= 4 is 10.8 Å². The summed E-state index contributed by atoms with van der Waals surface area (Å²) < 4.78 is 11.4. The first-order valence-electron chi connectivity index (χ1n) is 7.56. The Labute approximate surface area is 125 Å². The molecule has 0 radical (unpaired) electrons. The van der Waals surface area contributed by atoms with Crippen molar-refractivity contribution < 1.29 is 4.21 Å². The molecule has 1 N–H and O–H groups in total.